The van der Waals surface area contributed by atoms with Gasteiger partial charge in [0.15, 0.2) is 15.5 Å². The molecule has 10 heteroatoms. The van der Waals surface area contributed by atoms with Gasteiger partial charge >= 0.3 is 0 Å². The van der Waals surface area contributed by atoms with Crippen molar-refractivity contribution in [2.75, 3.05) is 17.2 Å². The summed E-state index contributed by atoms with van der Waals surface area (Å²) in [5.41, 5.74) is 8.88. The molecule has 0 bridgehead atoms. The fourth-order valence-electron chi connectivity index (χ4n) is 4.10. The molecule has 0 aliphatic carbocycles. The van der Waals surface area contributed by atoms with Crippen molar-refractivity contribution in [2.45, 2.75) is 29.2 Å². The molecule has 2 aromatic heterocycles. The molecule has 0 spiro atoms. The Morgan fingerprint density at radius 2 is 1.68 bits per heavy atom. The molecule has 0 saturated carbocycles. The molecule has 2 N–H and O–H groups in total. The van der Waals surface area contributed by atoms with Gasteiger partial charge in [-0.05, 0) is 37.6 Å². The molecule has 0 unspecified atom stereocenters. The lowest BCUT2D eigenvalue weighted by Crippen LogP contribution is -2.15. The number of sulfone groups is 2. The molecule has 1 fully saturated rings. The van der Waals surface area contributed by atoms with Crippen molar-refractivity contribution >= 4 is 47.7 Å². The standard InChI is InChI=1S/C21H20N4O4S2/c1-13-6-8-15(9-7-13)31(28,29)19-18-21(24-17-5-3-2-4-16(17)23-18)25(20(19)22)14-10-11-30(26,27)12-14/h2-9,14H,10-12,22H2,1H3/t14-/m1/s1. The van der Waals surface area contributed by atoms with E-state index in [2.05, 4.69) is 9.97 Å². The molecule has 1 atom stereocenters. The van der Waals surface area contributed by atoms with Gasteiger partial charge in [-0.3, -0.25) is 0 Å². The Labute approximate surface area is 179 Å². The van der Waals surface area contributed by atoms with E-state index in [4.69, 9.17) is 5.73 Å². The van der Waals surface area contributed by atoms with Crippen LogP contribution in [-0.2, 0) is 19.7 Å². The first kappa shape index (κ1) is 20.0. The van der Waals surface area contributed by atoms with Gasteiger partial charge in [-0.2, -0.15) is 0 Å². The van der Waals surface area contributed by atoms with Gasteiger partial charge in [0.05, 0.1) is 33.5 Å². The summed E-state index contributed by atoms with van der Waals surface area (Å²) in [7, 11) is -7.25. The van der Waals surface area contributed by atoms with Crippen molar-refractivity contribution in [1.29, 1.82) is 0 Å². The topological polar surface area (TPSA) is 125 Å². The number of benzene rings is 2. The minimum atomic E-state index is -4.02. The van der Waals surface area contributed by atoms with E-state index < -0.39 is 25.7 Å². The Bertz CT molecular complexity index is 1560. The molecule has 31 heavy (non-hydrogen) atoms. The number of hydrogen-bond donors (Lipinski definition) is 1. The first-order valence-electron chi connectivity index (χ1n) is 9.76. The molecule has 2 aromatic carbocycles. The zero-order chi connectivity index (χ0) is 22.0. The third kappa shape index (κ3) is 3.17. The van der Waals surface area contributed by atoms with Crippen LogP contribution in [-0.4, -0.2) is 42.9 Å². The van der Waals surface area contributed by atoms with Crippen LogP contribution in [0.5, 0.6) is 0 Å². The van der Waals surface area contributed by atoms with Crippen molar-refractivity contribution in [3.8, 4) is 0 Å². The Morgan fingerprint density at radius 3 is 2.29 bits per heavy atom. The summed E-state index contributed by atoms with van der Waals surface area (Å²) in [5, 5.41) is 0. The van der Waals surface area contributed by atoms with Gasteiger partial charge in [-0.25, -0.2) is 26.8 Å². The fraction of sp³-hybridized carbons (Fsp3) is 0.238. The highest BCUT2D eigenvalue weighted by molar-refractivity contribution is 7.92. The third-order valence-corrected chi connectivity index (χ3v) is 9.24. The minimum absolute atomic E-state index is 0.0256. The lowest BCUT2D eigenvalue weighted by Gasteiger charge is -2.14. The van der Waals surface area contributed by atoms with E-state index in [1.165, 1.54) is 12.1 Å². The molecular formula is C21H20N4O4S2. The van der Waals surface area contributed by atoms with Gasteiger partial charge in [0.25, 0.3) is 0 Å². The predicted octanol–water partition coefficient (Wildman–Crippen LogP) is 2.67. The Morgan fingerprint density at radius 1 is 1.03 bits per heavy atom. The number of fused-ring (bicyclic) bond motifs is 2. The van der Waals surface area contributed by atoms with Crippen LogP contribution in [0.3, 0.4) is 0 Å². The monoisotopic (exact) mass is 456 g/mol. The number of aryl methyl sites for hydroxylation is 1. The molecule has 4 aromatic rings. The SMILES string of the molecule is Cc1ccc(S(=O)(=O)c2c(N)n([C@@H]3CCS(=O)(=O)C3)c3nc4ccccc4nc23)cc1. The van der Waals surface area contributed by atoms with Crippen molar-refractivity contribution in [3.63, 3.8) is 0 Å². The van der Waals surface area contributed by atoms with Gasteiger partial charge < -0.3 is 10.3 Å². The number of anilines is 1. The molecule has 0 radical (unpaired) electrons. The number of aromatic nitrogens is 3. The highest BCUT2D eigenvalue weighted by Crippen LogP contribution is 2.39. The second kappa shape index (κ2) is 6.76. The lowest BCUT2D eigenvalue weighted by atomic mass is 10.2. The quantitative estimate of drug-likeness (QED) is 0.502. The van der Waals surface area contributed by atoms with Gasteiger partial charge in [0.1, 0.15) is 16.2 Å². The van der Waals surface area contributed by atoms with Crippen LogP contribution >= 0.6 is 0 Å². The average Bonchev–Trinajstić information content (AvgIpc) is 3.21. The molecule has 1 aliphatic heterocycles. The Kier molecular flexibility index (Phi) is 4.35. The van der Waals surface area contributed by atoms with Crippen molar-refractivity contribution in [2.24, 2.45) is 0 Å². The summed E-state index contributed by atoms with van der Waals surface area (Å²) in [5.74, 6) is -0.120. The zero-order valence-corrected chi connectivity index (χ0v) is 18.3. The second-order valence-electron chi connectivity index (χ2n) is 7.84. The van der Waals surface area contributed by atoms with E-state index in [1.807, 2.05) is 13.0 Å². The minimum Gasteiger partial charge on any atom is -0.384 e. The fourth-order valence-corrected chi connectivity index (χ4v) is 7.30. The van der Waals surface area contributed by atoms with Gasteiger partial charge in [-0.15, -0.1) is 0 Å². The van der Waals surface area contributed by atoms with E-state index in [9.17, 15) is 16.8 Å². The van der Waals surface area contributed by atoms with E-state index in [0.717, 1.165) is 5.56 Å². The number of para-hydroxylation sites is 2. The van der Waals surface area contributed by atoms with E-state index >= 15 is 0 Å². The van der Waals surface area contributed by atoms with Crippen LogP contribution in [0.25, 0.3) is 22.2 Å². The molecule has 1 saturated heterocycles. The van der Waals surface area contributed by atoms with Crippen molar-refractivity contribution in [1.82, 2.24) is 14.5 Å². The smallest absolute Gasteiger partial charge is 0.212 e. The van der Waals surface area contributed by atoms with E-state index in [1.54, 1.807) is 34.9 Å². The number of nitrogens with two attached hydrogens (primary N) is 1. The molecule has 5 rings (SSSR count). The number of nitrogens with zero attached hydrogens (tertiary/aromatic N) is 3. The maximum atomic E-state index is 13.6. The third-order valence-electron chi connectivity index (χ3n) is 5.66. The zero-order valence-electron chi connectivity index (χ0n) is 16.7. The van der Waals surface area contributed by atoms with E-state index in [-0.39, 0.29) is 38.3 Å². The summed E-state index contributed by atoms with van der Waals surface area (Å²) in [6, 6.07) is 13.1. The molecule has 160 valence electrons. The lowest BCUT2D eigenvalue weighted by molar-refractivity contribution is 0.571. The van der Waals surface area contributed by atoms with Crippen molar-refractivity contribution in [3.05, 3.63) is 54.1 Å². The first-order valence-corrected chi connectivity index (χ1v) is 13.1. The summed E-state index contributed by atoms with van der Waals surface area (Å²) < 4.78 is 53.0. The van der Waals surface area contributed by atoms with Crippen molar-refractivity contribution < 1.29 is 16.8 Å². The second-order valence-corrected chi connectivity index (χ2v) is 12.0. The highest BCUT2D eigenvalue weighted by Gasteiger charge is 2.36. The van der Waals surface area contributed by atoms with Crippen LogP contribution in [0.4, 0.5) is 5.82 Å². The molecule has 1 aliphatic rings. The van der Waals surface area contributed by atoms with Gasteiger partial charge in [0, 0.05) is 0 Å². The van der Waals surface area contributed by atoms with Crippen LogP contribution in [0.2, 0.25) is 0 Å². The highest BCUT2D eigenvalue weighted by atomic mass is 32.2. The van der Waals surface area contributed by atoms with E-state index in [0.29, 0.717) is 17.5 Å². The number of rotatable bonds is 3. The van der Waals surface area contributed by atoms with Crippen LogP contribution < -0.4 is 5.73 Å². The average molecular weight is 457 g/mol. The summed E-state index contributed by atoms with van der Waals surface area (Å²) in [4.78, 5) is 9.18. The Hall–Kier alpha value is -2.98. The Balaban J connectivity index is 1.85. The summed E-state index contributed by atoms with van der Waals surface area (Å²) in [6.45, 7) is 1.87. The molecule has 0 amide bonds. The first-order chi connectivity index (χ1) is 14.7. The largest absolute Gasteiger partial charge is 0.384 e. The van der Waals surface area contributed by atoms with Crippen LogP contribution in [0.15, 0.2) is 58.3 Å². The number of hydrogen-bond acceptors (Lipinski definition) is 7. The maximum Gasteiger partial charge on any atom is 0.212 e. The summed E-state index contributed by atoms with van der Waals surface area (Å²) in [6.07, 6.45) is 0.342. The van der Waals surface area contributed by atoms with Crippen LogP contribution in [0, 0.1) is 6.92 Å². The molecular weight excluding hydrogens is 436 g/mol. The number of nitrogen functional groups attached to an aromatic ring is 1. The predicted molar refractivity (Wildman–Crippen MR) is 118 cm³/mol. The molecule has 3 heterocycles. The normalized spacial score (nSPS) is 18.7. The molecule has 8 nitrogen and oxygen atoms in total. The summed E-state index contributed by atoms with van der Waals surface area (Å²) >= 11 is 0. The van der Waals surface area contributed by atoms with Gasteiger partial charge in [-0.1, -0.05) is 29.8 Å². The van der Waals surface area contributed by atoms with Gasteiger partial charge in [0.2, 0.25) is 9.84 Å². The van der Waals surface area contributed by atoms with Crippen LogP contribution in [0.1, 0.15) is 18.0 Å². The maximum absolute atomic E-state index is 13.6.